The lowest BCUT2D eigenvalue weighted by Gasteiger charge is -2.16. The molecule has 0 aromatic rings. The van der Waals surface area contributed by atoms with Crippen LogP contribution in [-0.2, 0) is 9.84 Å². The molecule has 0 bridgehead atoms. The van der Waals surface area contributed by atoms with Crippen molar-refractivity contribution in [1.82, 2.24) is 10.6 Å². The molecular weight excluding hydrogens is 208 g/mol. The predicted octanol–water partition coefficient (Wildman–Crippen LogP) is -0.487. The number of hydrogen-bond donors (Lipinski definition) is 2. The van der Waals surface area contributed by atoms with Gasteiger partial charge in [0, 0.05) is 13.1 Å². The molecule has 0 unspecified atom stereocenters. The van der Waals surface area contributed by atoms with Crippen molar-refractivity contribution in [2.75, 3.05) is 18.6 Å². The summed E-state index contributed by atoms with van der Waals surface area (Å²) >= 11 is 4.90. The van der Waals surface area contributed by atoms with E-state index < -0.39 is 9.84 Å². The van der Waals surface area contributed by atoms with Gasteiger partial charge in [-0.1, -0.05) is 6.92 Å². The van der Waals surface area contributed by atoms with Gasteiger partial charge in [-0.25, -0.2) is 8.42 Å². The zero-order chi connectivity index (χ0) is 10.1. The topological polar surface area (TPSA) is 58.2 Å². The van der Waals surface area contributed by atoms with Crippen molar-refractivity contribution < 1.29 is 8.42 Å². The molecule has 0 aromatic carbocycles. The molecule has 0 aliphatic carbocycles. The fraction of sp³-hybridized carbons (Fsp3) is 0.857. The van der Waals surface area contributed by atoms with E-state index in [0.29, 0.717) is 5.11 Å². The summed E-state index contributed by atoms with van der Waals surface area (Å²) in [5.74, 6) is 0.587. The molecule has 0 saturated carbocycles. The summed E-state index contributed by atoms with van der Waals surface area (Å²) in [5.41, 5.74) is 0. The number of sulfone groups is 1. The van der Waals surface area contributed by atoms with Gasteiger partial charge in [0.2, 0.25) is 0 Å². The Balaban J connectivity index is 2.59. The lowest BCUT2D eigenvalue weighted by atomic mass is 10.1. The van der Waals surface area contributed by atoms with E-state index in [4.69, 9.17) is 12.2 Å². The van der Waals surface area contributed by atoms with Crippen LogP contribution in [0.4, 0.5) is 0 Å². The van der Waals surface area contributed by atoms with Crippen LogP contribution in [0, 0.1) is 5.92 Å². The Morgan fingerprint density at radius 2 is 2.08 bits per heavy atom. The molecule has 0 aromatic heterocycles. The standard InChI is InChI=1S/C7H14N2O2S2/c1-5-3-13(10,11)4-6(5)9-7(12)8-2/h5-6H,3-4H2,1-2H3,(H2,8,9,12)/t5-,6-/m1/s1. The average Bonchev–Trinajstić information content (AvgIpc) is 2.24. The van der Waals surface area contributed by atoms with E-state index in [1.807, 2.05) is 6.92 Å². The zero-order valence-corrected chi connectivity index (χ0v) is 9.33. The Morgan fingerprint density at radius 3 is 2.46 bits per heavy atom. The Morgan fingerprint density at radius 1 is 1.46 bits per heavy atom. The molecular formula is C7H14N2O2S2. The van der Waals surface area contributed by atoms with E-state index in [1.165, 1.54) is 0 Å². The second kappa shape index (κ2) is 3.79. The molecule has 13 heavy (non-hydrogen) atoms. The second-order valence-corrected chi connectivity index (χ2v) is 5.95. The molecule has 1 aliphatic rings. The molecule has 1 saturated heterocycles. The second-order valence-electron chi connectivity index (χ2n) is 3.38. The minimum Gasteiger partial charge on any atom is -0.366 e. The number of nitrogens with one attached hydrogen (secondary N) is 2. The van der Waals surface area contributed by atoms with Gasteiger partial charge in [-0.05, 0) is 18.1 Å². The molecule has 2 N–H and O–H groups in total. The lowest BCUT2D eigenvalue weighted by Crippen LogP contribution is -2.43. The molecule has 1 aliphatic heterocycles. The lowest BCUT2D eigenvalue weighted by molar-refractivity contribution is 0.519. The van der Waals surface area contributed by atoms with Crippen molar-refractivity contribution in [1.29, 1.82) is 0 Å². The van der Waals surface area contributed by atoms with E-state index in [9.17, 15) is 8.42 Å². The third kappa shape index (κ3) is 2.80. The minimum absolute atomic E-state index is 0.0371. The monoisotopic (exact) mass is 222 g/mol. The van der Waals surface area contributed by atoms with Gasteiger partial charge in [-0.2, -0.15) is 0 Å². The first kappa shape index (κ1) is 10.7. The minimum atomic E-state index is -2.85. The van der Waals surface area contributed by atoms with Gasteiger partial charge in [0.25, 0.3) is 0 Å². The Hall–Kier alpha value is -0.360. The maximum Gasteiger partial charge on any atom is 0.166 e. The first-order valence-electron chi connectivity index (χ1n) is 4.13. The summed E-state index contributed by atoms with van der Waals surface area (Å²) in [6, 6.07) is -0.0371. The van der Waals surface area contributed by atoms with Crippen LogP contribution in [0.1, 0.15) is 6.92 Å². The Labute approximate surface area is 84.0 Å². The fourth-order valence-corrected chi connectivity index (χ4v) is 3.73. The van der Waals surface area contributed by atoms with Gasteiger partial charge < -0.3 is 10.6 Å². The van der Waals surface area contributed by atoms with Crippen molar-refractivity contribution in [3.63, 3.8) is 0 Å². The van der Waals surface area contributed by atoms with Gasteiger partial charge in [0.15, 0.2) is 14.9 Å². The zero-order valence-electron chi connectivity index (χ0n) is 7.70. The first-order valence-corrected chi connectivity index (χ1v) is 6.36. The maximum atomic E-state index is 11.2. The molecule has 0 spiro atoms. The van der Waals surface area contributed by atoms with Crippen LogP contribution in [0.3, 0.4) is 0 Å². The molecule has 76 valence electrons. The Kier molecular flexibility index (Phi) is 3.13. The number of thiocarbonyl (C=S) groups is 1. The highest BCUT2D eigenvalue weighted by Crippen LogP contribution is 2.18. The normalized spacial score (nSPS) is 31.2. The van der Waals surface area contributed by atoms with Crippen LogP contribution < -0.4 is 10.6 Å². The van der Waals surface area contributed by atoms with Gasteiger partial charge >= 0.3 is 0 Å². The average molecular weight is 222 g/mol. The molecule has 4 nitrogen and oxygen atoms in total. The maximum absolute atomic E-state index is 11.2. The highest BCUT2D eigenvalue weighted by molar-refractivity contribution is 7.91. The van der Waals surface area contributed by atoms with E-state index >= 15 is 0 Å². The molecule has 1 heterocycles. The molecule has 1 fully saturated rings. The summed E-state index contributed by atoms with van der Waals surface area (Å²) in [4.78, 5) is 0. The molecule has 1 rings (SSSR count). The van der Waals surface area contributed by atoms with E-state index in [-0.39, 0.29) is 23.5 Å². The van der Waals surface area contributed by atoms with Crippen molar-refractivity contribution in [3.05, 3.63) is 0 Å². The first-order chi connectivity index (χ1) is 5.94. The van der Waals surface area contributed by atoms with Crippen LogP contribution in [0.2, 0.25) is 0 Å². The predicted molar refractivity (Wildman–Crippen MR) is 56.4 cm³/mol. The molecule has 0 radical (unpaired) electrons. The molecule has 6 heteroatoms. The SMILES string of the molecule is CNC(=S)N[C@@H]1CS(=O)(=O)C[C@H]1C. The van der Waals surface area contributed by atoms with Gasteiger partial charge in [-0.15, -0.1) is 0 Å². The summed E-state index contributed by atoms with van der Waals surface area (Å²) in [5, 5.41) is 6.25. The largest absolute Gasteiger partial charge is 0.366 e. The van der Waals surface area contributed by atoms with Crippen LogP contribution in [-0.4, -0.2) is 38.1 Å². The summed E-state index contributed by atoms with van der Waals surface area (Å²) in [6.07, 6.45) is 0. The van der Waals surface area contributed by atoms with Crippen LogP contribution in [0.15, 0.2) is 0 Å². The molecule has 2 atom stereocenters. The van der Waals surface area contributed by atoms with Crippen molar-refractivity contribution in [2.24, 2.45) is 5.92 Å². The van der Waals surface area contributed by atoms with Gasteiger partial charge in [0.1, 0.15) is 0 Å². The van der Waals surface area contributed by atoms with Gasteiger partial charge in [0.05, 0.1) is 11.5 Å². The van der Waals surface area contributed by atoms with E-state index in [2.05, 4.69) is 10.6 Å². The van der Waals surface area contributed by atoms with Crippen LogP contribution >= 0.6 is 12.2 Å². The highest BCUT2D eigenvalue weighted by atomic mass is 32.2. The van der Waals surface area contributed by atoms with Crippen molar-refractivity contribution in [3.8, 4) is 0 Å². The smallest absolute Gasteiger partial charge is 0.166 e. The summed E-state index contributed by atoms with van der Waals surface area (Å²) in [6.45, 7) is 1.92. The molecule has 0 amide bonds. The Bertz CT molecular complexity index is 300. The van der Waals surface area contributed by atoms with E-state index in [0.717, 1.165) is 0 Å². The van der Waals surface area contributed by atoms with E-state index in [1.54, 1.807) is 7.05 Å². The third-order valence-corrected chi connectivity index (χ3v) is 4.40. The number of rotatable bonds is 1. The number of hydrogen-bond acceptors (Lipinski definition) is 3. The van der Waals surface area contributed by atoms with Crippen LogP contribution in [0.25, 0.3) is 0 Å². The fourth-order valence-electron chi connectivity index (χ4n) is 1.45. The van der Waals surface area contributed by atoms with Crippen molar-refractivity contribution >= 4 is 27.2 Å². The quantitative estimate of drug-likeness (QED) is 0.587. The van der Waals surface area contributed by atoms with Crippen molar-refractivity contribution in [2.45, 2.75) is 13.0 Å². The third-order valence-electron chi connectivity index (χ3n) is 2.18. The van der Waals surface area contributed by atoms with Gasteiger partial charge in [-0.3, -0.25) is 0 Å². The highest BCUT2D eigenvalue weighted by Gasteiger charge is 2.34. The summed E-state index contributed by atoms with van der Waals surface area (Å²) in [7, 11) is -1.14. The summed E-state index contributed by atoms with van der Waals surface area (Å²) < 4.78 is 22.4. The van der Waals surface area contributed by atoms with Crippen LogP contribution in [0.5, 0.6) is 0 Å².